The summed E-state index contributed by atoms with van der Waals surface area (Å²) in [6.07, 6.45) is 4.79. The molecule has 0 aromatic carbocycles. The maximum Gasteiger partial charge on any atom is 0.260 e. The Morgan fingerprint density at radius 1 is 1.30 bits per heavy atom. The molecule has 23 heavy (non-hydrogen) atoms. The summed E-state index contributed by atoms with van der Waals surface area (Å²) in [6.45, 7) is 0.371. The fraction of sp³-hybridized carbons (Fsp3) is 0.0667. The van der Waals surface area contributed by atoms with Crippen molar-refractivity contribution < 1.29 is 9.90 Å². The number of nitrogen functional groups attached to an aromatic ring is 1. The van der Waals surface area contributed by atoms with Crippen LogP contribution in [-0.2, 0) is 6.54 Å². The van der Waals surface area contributed by atoms with E-state index in [0.717, 1.165) is 0 Å². The van der Waals surface area contributed by atoms with Crippen molar-refractivity contribution >= 4 is 17.4 Å². The number of nitrogens with two attached hydrogens (primary N) is 1. The van der Waals surface area contributed by atoms with Gasteiger partial charge in [-0.2, -0.15) is 5.10 Å². The number of nitrogens with one attached hydrogen (secondary N) is 1. The van der Waals surface area contributed by atoms with Crippen LogP contribution in [0.2, 0.25) is 0 Å². The first-order valence-corrected chi connectivity index (χ1v) is 6.89. The monoisotopic (exact) mass is 308 g/mol. The van der Waals surface area contributed by atoms with E-state index in [0.29, 0.717) is 34.7 Å². The largest absolute Gasteiger partial charge is 0.504 e. The minimum atomic E-state index is -0.112. The molecule has 4 N–H and O–H groups in total. The number of carbonyl (C=O) groups is 1. The second-order valence-corrected chi connectivity index (χ2v) is 5.17. The van der Waals surface area contributed by atoms with Gasteiger partial charge >= 0.3 is 0 Å². The average Bonchev–Trinajstić information content (AvgIpc) is 3.18. The first-order valence-electron chi connectivity index (χ1n) is 6.89. The van der Waals surface area contributed by atoms with Gasteiger partial charge in [-0.15, -0.1) is 0 Å². The van der Waals surface area contributed by atoms with E-state index in [-0.39, 0.29) is 17.5 Å². The molecule has 0 bridgehead atoms. The zero-order chi connectivity index (χ0) is 16.0. The predicted octanol–water partition coefficient (Wildman–Crippen LogP) is 1.31. The van der Waals surface area contributed by atoms with Crippen molar-refractivity contribution in [2.45, 2.75) is 6.54 Å². The number of anilines is 2. The van der Waals surface area contributed by atoms with Crippen LogP contribution in [0.4, 0.5) is 11.5 Å². The minimum Gasteiger partial charge on any atom is -0.504 e. The highest BCUT2D eigenvalue weighted by molar-refractivity contribution is 6.09. The lowest BCUT2D eigenvalue weighted by Crippen LogP contribution is -2.22. The van der Waals surface area contributed by atoms with E-state index < -0.39 is 0 Å². The maximum atomic E-state index is 12.4. The molecule has 0 atom stereocenters. The predicted molar refractivity (Wildman–Crippen MR) is 82.6 cm³/mol. The molecule has 0 unspecified atom stereocenters. The van der Waals surface area contributed by atoms with E-state index in [2.05, 4.69) is 20.2 Å². The zero-order valence-electron chi connectivity index (χ0n) is 11.9. The summed E-state index contributed by atoms with van der Waals surface area (Å²) in [7, 11) is 0. The molecule has 1 aliphatic heterocycles. The molecule has 4 heterocycles. The quantitative estimate of drug-likeness (QED) is 0.656. The van der Waals surface area contributed by atoms with Gasteiger partial charge in [0.05, 0.1) is 35.4 Å². The highest BCUT2D eigenvalue weighted by Gasteiger charge is 2.30. The van der Waals surface area contributed by atoms with Gasteiger partial charge in [0.25, 0.3) is 5.91 Å². The van der Waals surface area contributed by atoms with Crippen LogP contribution in [0.15, 0.2) is 36.8 Å². The number of pyridine rings is 2. The Hall–Kier alpha value is -3.42. The van der Waals surface area contributed by atoms with Crippen molar-refractivity contribution in [3.63, 3.8) is 0 Å². The fourth-order valence-electron chi connectivity index (χ4n) is 2.55. The van der Waals surface area contributed by atoms with Crippen molar-refractivity contribution in [2.24, 2.45) is 0 Å². The Bertz CT molecular complexity index is 906. The van der Waals surface area contributed by atoms with Crippen LogP contribution in [0, 0.1) is 0 Å². The molecule has 114 valence electrons. The molecule has 8 nitrogen and oxygen atoms in total. The summed E-state index contributed by atoms with van der Waals surface area (Å²) in [5.41, 5.74) is 8.68. The number of amides is 1. The summed E-state index contributed by atoms with van der Waals surface area (Å²) in [4.78, 5) is 22.5. The third-order valence-corrected chi connectivity index (χ3v) is 3.75. The molecule has 0 radical (unpaired) electrons. The molecule has 3 aromatic rings. The number of carbonyl (C=O) groups excluding carboxylic acids is 1. The van der Waals surface area contributed by atoms with Gasteiger partial charge in [-0.25, -0.2) is 4.98 Å². The summed E-state index contributed by atoms with van der Waals surface area (Å²) >= 11 is 0. The van der Waals surface area contributed by atoms with Crippen LogP contribution in [0.25, 0.3) is 11.3 Å². The third-order valence-electron chi connectivity index (χ3n) is 3.75. The Labute approximate surface area is 130 Å². The Kier molecular flexibility index (Phi) is 2.77. The van der Waals surface area contributed by atoms with E-state index in [1.807, 2.05) is 0 Å². The summed E-state index contributed by atoms with van der Waals surface area (Å²) in [6, 6.07) is 4.96. The Morgan fingerprint density at radius 3 is 2.91 bits per heavy atom. The second-order valence-electron chi connectivity index (χ2n) is 5.17. The molecule has 0 aliphatic carbocycles. The van der Waals surface area contributed by atoms with Gasteiger partial charge in [0.2, 0.25) is 0 Å². The zero-order valence-corrected chi connectivity index (χ0v) is 11.9. The third kappa shape index (κ3) is 2.08. The van der Waals surface area contributed by atoms with Gasteiger partial charge < -0.3 is 10.8 Å². The maximum absolute atomic E-state index is 12.4. The molecule has 8 heteroatoms. The smallest absolute Gasteiger partial charge is 0.260 e. The number of hydrogen-bond acceptors (Lipinski definition) is 6. The lowest BCUT2D eigenvalue weighted by atomic mass is 10.1. The standard InChI is InChI=1S/C15H12N6O2/c16-14-13(22)3-8(4-17-14)11-2-1-10-12(20-11)7-21(15(10)23)9-5-18-19-6-9/h1-6,22H,7H2,(H2,16,17)(H,18,19). The van der Waals surface area contributed by atoms with Gasteiger partial charge in [-0.1, -0.05) is 0 Å². The van der Waals surface area contributed by atoms with Crippen LogP contribution in [0.3, 0.4) is 0 Å². The first-order chi connectivity index (χ1) is 11.1. The van der Waals surface area contributed by atoms with Crippen LogP contribution >= 0.6 is 0 Å². The van der Waals surface area contributed by atoms with E-state index in [4.69, 9.17) is 5.73 Å². The lowest BCUT2D eigenvalue weighted by Gasteiger charge is -2.11. The number of aromatic hydroxyl groups is 1. The van der Waals surface area contributed by atoms with Crippen LogP contribution in [0.5, 0.6) is 5.75 Å². The van der Waals surface area contributed by atoms with E-state index in [9.17, 15) is 9.90 Å². The van der Waals surface area contributed by atoms with Crippen molar-refractivity contribution in [3.8, 4) is 17.0 Å². The van der Waals surface area contributed by atoms with Crippen molar-refractivity contribution in [2.75, 3.05) is 10.6 Å². The first kappa shape index (κ1) is 13.3. The molecule has 0 spiro atoms. The molecule has 0 fully saturated rings. The topological polar surface area (TPSA) is 121 Å². The number of rotatable bonds is 2. The molecular formula is C15H12N6O2. The number of aromatic nitrogens is 4. The fourth-order valence-corrected chi connectivity index (χ4v) is 2.55. The lowest BCUT2D eigenvalue weighted by molar-refractivity contribution is 0.0996. The molecule has 1 aliphatic rings. The number of nitrogens with zero attached hydrogens (tertiary/aromatic N) is 4. The van der Waals surface area contributed by atoms with E-state index in [1.54, 1.807) is 29.4 Å². The van der Waals surface area contributed by atoms with Gasteiger partial charge in [0.15, 0.2) is 11.6 Å². The molecule has 1 amide bonds. The molecule has 0 saturated carbocycles. The summed E-state index contributed by atoms with van der Waals surface area (Å²) in [5, 5.41) is 16.2. The Morgan fingerprint density at radius 2 is 2.17 bits per heavy atom. The molecule has 3 aromatic heterocycles. The average molecular weight is 308 g/mol. The van der Waals surface area contributed by atoms with Gasteiger partial charge in [-0.3, -0.25) is 19.8 Å². The minimum absolute atomic E-state index is 0.0659. The molecular weight excluding hydrogens is 296 g/mol. The van der Waals surface area contributed by atoms with Gasteiger partial charge in [-0.05, 0) is 18.2 Å². The number of fused-ring (bicyclic) bond motifs is 1. The second kappa shape index (κ2) is 4.80. The molecule has 0 saturated heterocycles. The number of H-pyrrole nitrogens is 1. The highest BCUT2D eigenvalue weighted by Crippen LogP contribution is 2.30. The van der Waals surface area contributed by atoms with Gasteiger partial charge in [0.1, 0.15) is 0 Å². The van der Waals surface area contributed by atoms with Crippen LogP contribution < -0.4 is 10.6 Å². The normalized spacial score (nSPS) is 13.4. The molecule has 4 rings (SSSR count). The highest BCUT2D eigenvalue weighted by atomic mass is 16.3. The summed E-state index contributed by atoms with van der Waals surface area (Å²) < 4.78 is 0. The Balaban J connectivity index is 1.72. The van der Waals surface area contributed by atoms with Crippen molar-refractivity contribution in [3.05, 3.63) is 48.0 Å². The van der Waals surface area contributed by atoms with Crippen LogP contribution in [-0.4, -0.2) is 31.2 Å². The van der Waals surface area contributed by atoms with Crippen molar-refractivity contribution in [1.29, 1.82) is 0 Å². The number of aromatic amines is 1. The summed E-state index contributed by atoms with van der Waals surface area (Å²) in [5.74, 6) is -0.143. The van der Waals surface area contributed by atoms with E-state index in [1.165, 1.54) is 12.3 Å². The van der Waals surface area contributed by atoms with E-state index >= 15 is 0 Å². The SMILES string of the molecule is Nc1ncc(-c2ccc3c(n2)CN(c2cn[nH]c2)C3=O)cc1O. The van der Waals surface area contributed by atoms with Crippen molar-refractivity contribution in [1.82, 2.24) is 20.2 Å². The number of hydrogen-bond donors (Lipinski definition) is 3. The van der Waals surface area contributed by atoms with Crippen LogP contribution in [0.1, 0.15) is 16.1 Å². The van der Waals surface area contributed by atoms with Gasteiger partial charge in [0, 0.05) is 18.0 Å².